The number of nitrogens with zero attached hydrogens (tertiary/aromatic N) is 2. The summed E-state index contributed by atoms with van der Waals surface area (Å²) >= 11 is 1.66. The monoisotopic (exact) mass is 469 g/mol. The number of anilines is 1. The van der Waals surface area contributed by atoms with E-state index in [9.17, 15) is 4.79 Å². The maximum atomic E-state index is 12.9. The number of methoxy groups -OCH3 is 2. The molecule has 4 rings (SSSR count). The molecule has 7 nitrogen and oxygen atoms in total. The molecule has 1 unspecified atom stereocenters. The van der Waals surface area contributed by atoms with E-state index in [2.05, 4.69) is 10.2 Å². The van der Waals surface area contributed by atoms with Gasteiger partial charge in [-0.25, -0.2) is 4.98 Å². The number of hydrogen-bond acceptors (Lipinski definition) is 7. The molecule has 1 aliphatic heterocycles. The second kappa shape index (κ2) is 10.7. The zero-order valence-corrected chi connectivity index (χ0v) is 20.2. The molecule has 1 N–H and O–H groups in total. The summed E-state index contributed by atoms with van der Waals surface area (Å²) in [5.41, 5.74) is 2.07. The fourth-order valence-electron chi connectivity index (χ4n) is 4.16. The lowest BCUT2D eigenvalue weighted by Gasteiger charge is -2.31. The minimum atomic E-state index is -0.0323. The predicted octanol–water partition coefficient (Wildman–Crippen LogP) is 4.29. The number of benzene rings is 2. The number of ether oxygens (including phenoxy) is 3. The van der Waals surface area contributed by atoms with E-state index in [0.717, 1.165) is 52.5 Å². The number of hydrogen-bond donors (Lipinski definition) is 1. The zero-order chi connectivity index (χ0) is 23.2. The number of thiazole rings is 1. The number of fused-ring (bicyclic) bond motifs is 1. The van der Waals surface area contributed by atoms with E-state index in [1.807, 2.05) is 43.3 Å². The van der Waals surface area contributed by atoms with Crippen LogP contribution in [0, 0.1) is 5.92 Å². The molecule has 0 radical (unpaired) electrons. The summed E-state index contributed by atoms with van der Waals surface area (Å²) in [6.45, 7) is 4.83. The van der Waals surface area contributed by atoms with E-state index >= 15 is 0 Å². The lowest BCUT2D eigenvalue weighted by molar-refractivity contribution is -0.125. The third-order valence-corrected chi connectivity index (χ3v) is 6.96. The molecule has 2 heterocycles. The van der Waals surface area contributed by atoms with Crippen molar-refractivity contribution in [1.82, 2.24) is 10.3 Å². The highest BCUT2D eigenvalue weighted by atomic mass is 32.1. The fourth-order valence-corrected chi connectivity index (χ4v) is 5.19. The van der Waals surface area contributed by atoms with Crippen molar-refractivity contribution in [1.29, 1.82) is 0 Å². The van der Waals surface area contributed by atoms with Crippen molar-refractivity contribution in [2.45, 2.75) is 26.2 Å². The van der Waals surface area contributed by atoms with Gasteiger partial charge in [-0.05, 0) is 62.1 Å². The Morgan fingerprint density at radius 2 is 2.03 bits per heavy atom. The number of aromatic nitrogens is 1. The van der Waals surface area contributed by atoms with Gasteiger partial charge in [-0.1, -0.05) is 17.4 Å². The molecular formula is C25H31N3O4S. The van der Waals surface area contributed by atoms with Crippen molar-refractivity contribution in [2.75, 3.05) is 45.4 Å². The number of piperidine rings is 1. The summed E-state index contributed by atoms with van der Waals surface area (Å²) in [7, 11) is 3.25. The first kappa shape index (κ1) is 23.2. The molecule has 0 spiro atoms. The molecule has 1 atom stereocenters. The molecule has 0 aliphatic carbocycles. The van der Waals surface area contributed by atoms with Crippen LogP contribution in [0.2, 0.25) is 0 Å². The topological polar surface area (TPSA) is 72.9 Å². The van der Waals surface area contributed by atoms with Gasteiger partial charge in [0.05, 0.1) is 37.0 Å². The van der Waals surface area contributed by atoms with Crippen molar-refractivity contribution < 1.29 is 19.0 Å². The van der Waals surface area contributed by atoms with E-state index in [4.69, 9.17) is 19.2 Å². The van der Waals surface area contributed by atoms with Crippen LogP contribution in [0.25, 0.3) is 10.2 Å². The molecule has 0 bridgehead atoms. The van der Waals surface area contributed by atoms with Crippen LogP contribution in [0.3, 0.4) is 0 Å². The van der Waals surface area contributed by atoms with Gasteiger partial charge in [0, 0.05) is 19.6 Å². The quantitative estimate of drug-likeness (QED) is 0.504. The summed E-state index contributed by atoms with van der Waals surface area (Å²) in [5.74, 6) is 2.35. The highest BCUT2D eigenvalue weighted by Gasteiger charge is 2.27. The maximum absolute atomic E-state index is 12.9. The molecule has 176 valence electrons. The van der Waals surface area contributed by atoms with Crippen molar-refractivity contribution in [2.24, 2.45) is 5.92 Å². The number of amides is 1. The smallest absolute Gasteiger partial charge is 0.224 e. The molecule has 2 aromatic carbocycles. The van der Waals surface area contributed by atoms with Gasteiger partial charge in [-0.15, -0.1) is 0 Å². The van der Waals surface area contributed by atoms with Gasteiger partial charge >= 0.3 is 0 Å². The highest BCUT2D eigenvalue weighted by molar-refractivity contribution is 7.22. The second-order valence-electron chi connectivity index (χ2n) is 8.07. The summed E-state index contributed by atoms with van der Waals surface area (Å²) in [5, 5.41) is 4.09. The summed E-state index contributed by atoms with van der Waals surface area (Å²) < 4.78 is 17.4. The number of carbonyl (C=O) groups is 1. The van der Waals surface area contributed by atoms with Gasteiger partial charge in [-0.3, -0.25) is 4.79 Å². The van der Waals surface area contributed by atoms with Crippen molar-refractivity contribution >= 4 is 32.6 Å². The van der Waals surface area contributed by atoms with Gasteiger partial charge < -0.3 is 24.4 Å². The maximum Gasteiger partial charge on any atom is 0.224 e. The Bertz CT molecular complexity index is 1100. The largest absolute Gasteiger partial charge is 0.494 e. The Morgan fingerprint density at radius 1 is 1.18 bits per heavy atom. The molecular weight excluding hydrogens is 438 g/mol. The molecule has 1 fully saturated rings. The van der Waals surface area contributed by atoms with Gasteiger partial charge in [0.1, 0.15) is 5.75 Å². The molecule has 0 saturated carbocycles. The van der Waals surface area contributed by atoms with Crippen molar-refractivity contribution in [3.63, 3.8) is 0 Å². The van der Waals surface area contributed by atoms with Crippen LogP contribution in [-0.4, -0.2) is 51.4 Å². The minimum absolute atomic E-state index is 0.0323. The molecule has 1 aliphatic rings. The number of nitrogens with one attached hydrogen (secondary N) is 1. The van der Waals surface area contributed by atoms with E-state index < -0.39 is 0 Å². The van der Waals surface area contributed by atoms with Gasteiger partial charge in [0.25, 0.3) is 0 Å². The first-order valence-electron chi connectivity index (χ1n) is 11.4. The van der Waals surface area contributed by atoms with E-state index in [1.165, 1.54) is 0 Å². The van der Waals surface area contributed by atoms with Crippen molar-refractivity contribution in [3.8, 4) is 17.2 Å². The van der Waals surface area contributed by atoms with E-state index in [1.54, 1.807) is 25.6 Å². The molecule has 3 aromatic rings. The van der Waals surface area contributed by atoms with Gasteiger partial charge in [-0.2, -0.15) is 0 Å². The van der Waals surface area contributed by atoms with Gasteiger partial charge in [0.15, 0.2) is 16.6 Å². The van der Waals surface area contributed by atoms with Crippen molar-refractivity contribution in [3.05, 3.63) is 42.0 Å². The van der Waals surface area contributed by atoms with Crippen LogP contribution >= 0.6 is 11.3 Å². The first-order valence-corrected chi connectivity index (χ1v) is 12.2. The van der Waals surface area contributed by atoms with Crippen LogP contribution in [0.1, 0.15) is 25.3 Å². The average Bonchev–Trinajstić information content (AvgIpc) is 3.27. The Balaban J connectivity index is 1.33. The molecule has 33 heavy (non-hydrogen) atoms. The second-order valence-corrected chi connectivity index (χ2v) is 9.08. The van der Waals surface area contributed by atoms with E-state index in [0.29, 0.717) is 31.2 Å². The van der Waals surface area contributed by atoms with E-state index in [-0.39, 0.29) is 11.8 Å². The zero-order valence-electron chi connectivity index (χ0n) is 19.4. The average molecular weight is 470 g/mol. The Hall–Kier alpha value is -3.00. The normalized spacial score (nSPS) is 16.0. The molecule has 1 amide bonds. The Labute approximate surface area is 198 Å². The van der Waals surface area contributed by atoms with Gasteiger partial charge in [0.2, 0.25) is 5.91 Å². The molecule has 1 saturated heterocycles. The highest BCUT2D eigenvalue weighted by Crippen LogP contribution is 2.33. The van der Waals surface area contributed by atoms with Crippen LogP contribution in [0.4, 0.5) is 5.13 Å². The van der Waals surface area contributed by atoms with Crippen LogP contribution in [-0.2, 0) is 11.2 Å². The minimum Gasteiger partial charge on any atom is -0.494 e. The lowest BCUT2D eigenvalue weighted by Crippen LogP contribution is -2.43. The summed E-state index contributed by atoms with van der Waals surface area (Å²) in [4.78, 5) is 19.9. The number of carbonyl (C=O) groups excluding carboxylic acids is 1. The summed E-state index contributed by atoms with van der Waals surface area (Å²) in [6, 6.07) is 11.9. The Morgan fingerprint density at radius 3 is 2.82 bits per heavy atom. The first-order chi connectivity index (χ1) is 16.1. The SMILES string of the molecule is CCOc1ccc2nc(N3CCCC(C(=O)NCCc4ccc(OC)c(OC)c4)C3)sc2c1. The van der Waals surface area contributed by atoms with Crippen LogP contribution in [0.15, 0.2) is 36.4 Å². The third-order valence-electron chi connectivity index (χ3n) is 5.88. The molecule has 8 heteroatoms. The Kier molecular flexibility index (Phi) is 7.54. The fraction of sp³-hybridized carbons (Fsp3) is 0.440. The standard InChI is InChI=1S/C25H31N3O4S/c1-4-32-19-8-9-20-23(15-19)33-25(27-20)28-13-5-6-18(16-28)24(29)26-12-11-17-7-10-21(30-2)22(14-17)31-3/h7-10,14-15,18H,4-6,11-13,16H2,1-3H3,(H,26,29). The lowest BCUT2D eigenvalue weighted by atomic mass is 9.97. The third kappa shape index (κ3) is 5.50. The number of rotatable bonds is 9. The van der Waals surface area contributed by atoms with Crippen LogP contribution in [0.5, 0.6) is 17.2 Å². The molecule has 1 aromatic heterocycles. The van der Waals surface area contributed by atoms with Crippen LogP contribution < -0.4 is 24.4 Å². The predicted molar refractivity (Wildman–Crippen MR) is 132 cm³/mol. The summed E-state index contributed by atoms with van der Waals surface area (Å²) in [6.07, 6.45) is 2.62.